The minimum Gasteiger partial charge on any atom is -0.376 e. The van der Waals surface area contributed by atoms with E-state index >= 15 is 0 Å². The molecule has 0 aliphatic rings. The molecule has 0 fully saturated rings. The molecule has 0 spiro atoms. The number of aromatic nitrogens is 2. The summed E-state index contributed by atoms with van der Waals surface area (Å²) in [6.45, 7) is 0. The zero-order valence-corrected chi connectivity index (χ0v) is 12.6. The van der Waals surface area contributed by atoms with E-state index in [4.69, 9.17) is 12.2 Å². The van der Waals surface area contributed by atoms with Gasteiger partial charge in [0.15, 0.2) is 4.77 Å². The number of H-pyrrole nitrogens is 1. The minimum absolute atomic E-state index is 0.585. The Hall–Kier alpha value is -2.58. The van der Waals surface area contributed by atoms with E-state index in [9.17, 15) is 5.26 Å². The largest absolute Gasteiger partial charge is 0.376 e. The molecule has 0 saturated heterocycles. The molecule has 0 aliphatic carbocycles. The Labute approximate surface area is 127 Å². The third-order valence-corrected chi connectivity index (χ3v) is 3.73. The van der Waals surface area contributed by atoms with Crippen molar-refractivity contribution in [2.75, 3.05) is 19.0 Å². The molecular weight excluding hydrogens is 280 g/mol. The van der Waals surface area contributed by atoms with Gasteiger partial charge in [0, 0.05) is 14.1 Å². The second kappa shape index (κ2) is 5.08. The second-order valence-electron chi connectivity index (χ2n) is 4.96. The van der Waals surface area contributed by atoms with Gasteiger partial charge in [0.2, 0.25) is 0 Å². The first-order chi connectivity index (χ1) is 10.1. The SMILES string of the molecule is CN(C)c1ccccc1-n1c(=S)[nH]c2c(C#N)cccc21. The standard InChI is InChI=1S/C16H14N4S/c1-19(2)12-7-3-4-8-13(12)20-14-9-5-6-11(10-17)15(14)18-16(20)21/h3-9H,1-2H3,(H,18,21). The Morgan fingerprint density at radius 3 is 2.62 bits per heavy atom. The summed E-state index contributed by atoms with van der Waals surface area (Å²) in [5.41, 5.74) is 4.34. The summed E-state index contributed by atoms with van der Waals surface area (Å²) in [5.74, 6) is 0. The highest BCUT2D eigenvalue weighted by atomic mass is 32.1. The first-order valence-electron chi connectivity index (χ1n) is 6.54. The second-order valence-corrected chi connectivity index (χ2v) is 5.35. The Balaban J connectivity index is 2.40. The summed E-state index contributed by atoms with van der Waals surface area (Å²) in [4.78, 5) is 5.19. The van der Waals surface area contributed by atoms with E-state index in [2.05, 4.69) is 11.1 Å². The zero-order chi connectivity index (χ0) is 15.0. The van der Waals surface area contributed by atoms with Crippen LogP contribution in [0.5, 0.6) is 0 Å². The lowest BCUT2D eigenvalue weighted by atomic mass is 10.2. The first-order valence-corrected chi connectivity index (χ1v) is 6.95. The van der Waals surface area contributed by atoms with E-state index in [-0.39, 0.29) is 0 Å². The highest BCUT2D eigenvalue weighted by Gasteiger charge is 2.13. The molecule has 104 valence electrons. The lowest BCUT2D eigenvalue weighted by Gasteiger charge is -2.18. The van der Waals surface area contributed by atoms with Crippen molar-refractivity contribution in [1.82, 2.24) is 9.55 Å². The number of para-hydroxylation sites is 3. The maximum absolute atomic E-state index is 9.23. The first kappa shape index (κ1) is 13.4. The van der Waals surface area contributed by atoms with E-state index in [0.717, 1.165) is 22.4 Å². The van der Waals surface area contributed by atoms with Crippen molar-refractivity contribution in [2.24, 2.45) is 0 Å². The van der Waals surface area contributed by atoms with Gasteiger partial charge in [-0.1, -0.05) is 18.2 Å². The van der Waals surface area contributed by atoms with Crippen LogP contribution >= 0.6 is 12.2 Å². The fourth-order valence-electron chi connectivity index (χ4n) is 2.49. The summed E-state index contributed by atoms with van der Waals surface area (Å²) in [5, 5.41) is 9.23. The van der Waals surface area contributed by atoms with E-state index in [0.29, 0.717) is 10.3 Å². The number of fused-ring (bicyclic) bond motifs is 1. The number of nitrogens with one attached hydrogen (secondary N) is 1. The number of aromatic amines is 1. The number of hydrogen-bond donors (Lipinski definition) is 1. The molecule has 0 aliphatic heterocycles. The molecule has 1 aromatic heterocycles. The maximum atomic E-state index is 9.23. The molecular formula is C16H14N4S. The van der Waals surface area contributed by atoms with Gasteiger partial charge in [-0.15, -0.1) is 0 Å². The normalized spacial score (nSPS) is 10.5. The molecule has 2 aromatic carbocycles. The van der Waals surface area contributed by atoms with Crippen molar-refractivity contribution >= 4 is 28.9 Å². The number of hydrogen-bond acceptors (Lipinski definition) is 3. The molecule has 1 N–H and O–H groups in total. The third kappa shape index (κ3) is 2.10. The molecule has 0 radical (unpaired) electrons. The number of benzene rings is 2. The average Bonchev–Trinajstić information content (AvgIpc) is 2.82. The van der Waals surface area contributed by atoms with Crippen LogP contribution in [-0.2, 0) is 0 Å². The van der Waals surface area contributed by atoms with Gasteiger partial charge in [0.05, 0.1) is 28.0 Å². The van der Waals surface area contributed by atoms with Gasteiger partial charge in [0.1, 0.15) is 6.07 Å². The Morgan fingerprint density at radius 1 is 1.14 bits per heavy atom. The van der Waals surface area contributed by atoms with Gasteiger partial charge in [-0.3, -0.25) is 4.57 Å². The number of nitrogens with zero attached hydrogens (tertiary/aromatic N) is 3. The lowest BCUT2D eigenvalue weighted by Crippen LogP contribution is -2.12. The summed E-state index contributed by atoms with van der Waals surface area (Å²) in [7, 11) is 4.00. The molecule has 0 unspecified atom stereocenters. The molecule has 5 heteroatoms. The van der Waals surface area contributed by atoms with Crippen molar-refractivity contribution in [1.29, 1.82) is 5.26 Å². The number of rotatable bonds is 2. The van der Waals surface area contributed by atoms with E-state index in [1.54, 1.807) is 6.07 Å². The van der Waals surface area contributed by atoms with Crippen LogP contribution in [0.15, 0.2) is 42.5 Å². The monoisotopic (exact) mass is 294 g/mol. The van der Waals surface area contributed by atoms with Crippen molar-refractivity contribution in [3.8, 4) is 11.8 Å². The summed E-state index contributed by atoms with van der Waals surface area (Å²) in [6.07, 6.45) is 0. The Bertz CT molecular complexity index is 912. The number of anilines is 1. The van der Waals surface area contributed by atoms with Gasteiger partial charge >= 0.3 is 0 Å². The molecule has 4 nitrogen and oxygen atoms in total. The van der Waals surface area contributed by atoms with E-state index in [1.807, 2.05) is 60.0 Å². The molecule has 1 heterocycles. The molecule has 3 aromatic rings. The van der Waals surface area contributed by atoms with Crippen LogP contribution in [0, 0.1) is 16.1 Å². The van der Waals surface area contributed by atoms with Crippen molar-refractivity contribution in [2.45, 2.75) is 0 Å². The van der Waals surface area contributed by atoms with Crippen molar-refractivity contribution in [3.63, 3.8) is 0 Å². The summed E-state index contributed by atoms with van der Waals surface area (Å²) < 4.78 is 2.56. The molecule has 0 amide bonds. The van der Waals surface area contributed by atoms with Crippen LogP contribution < -0.4 is 4.90 Å². The predicted octanol–water partition coefficient (Wildman–Crippen LogP) is 3.63. The maximum Gasteiger partial charge on any atom is 0.182 e. The fraction of sp³-hybridized carbons (Fsp3) is 0.125. The molecule has 0 saturated carbocycles. The van der Waals surface area contributed by atoms with Crippen LogP contribution in [0.3, 0.4) is 0 Å². The van der Waals surface area contributed by atoms with Crippen LogP contribution in [-0.4, -0.2) is 23.6 Å². The van der Waals surface area contributed by atoms with Crippen LogP contribution in [0.2, 0.25) is 0 Å². The summed E-state index contributed by atoms with van der Waals surface area (Å²) >= 11 is 5.47. The molecule has 0 atom stereocenters. The number of nitriles is 1. The molecule has 21 heavy (non-hydrogen) atoms. The topological polar surface area (TPSA) is 47.8 Å². The zero-order valence-electron chi connectivity index (χ0n) is 11.8. The number of imidazole rings is 1. The van der Waals surface area contributed by atoms with Gasteiger partial charge in [-0.2, -0.15) is 5.26 Å². The van der Waals surface area contributed by atoms with Crippen molar-refractivity contribution < 1.29 is 0 Å². The Kier molecular flexibility index (Phi) is 3.24. The van der Waals surface area contributed by atoms with E-state index in [1.165, 1.54) is 0 Å². The van der Waals surface area contributed by atoms with Crippen LogP contribution in [0.25, 0.3) is 16.7 Å². The Morgan fingerprint density at radius 2 is 1.90 bits per heavy atom. The predicted molar refractivity (Wildman–Crippen MR) is 87.5 cm³/mol. The molecule has 0 bridgehead atoms. The van der Waals surface area contributed by atoms with E-state index < -0.39 is 0 Å². The fourth-order valence-corrected chi connectivity index (χ4v) is 2.79. The van der Waals surface area contributed by atoms with Crippen LogP contribution in [0.4, 0.5) is 5.69 Å². The smallest absolute Gasteiger partial charge is 0.182 e. The molecule has 3 rings (SSSR count). The van der Waals surface area contributed by atoms with Crippen LogP contribution in [0.1, 0.15) is 5.56 Å². The van der Waals surface area contributed by atoms with Gasteiger partial charge in [0.25, 0.3) is 0 Å². The van der Waals surface area contributed by atoms with Crippen molar-refractivity contribution in [3.05, 3.63) is 52.8 Å². The highest BCUT2D eigenvalue weighted by Crippen LogP contribution is 2.28. The van der Waals surface area contributed by atoms with Gasteiger partial charge in [-0.05, 0) is 36.5 Å². The average molecular weight is 294 g/mol. The van der Waals surface area contributed by atoms with Gasteiger partial charge in [-0.25, -0.2) is 0 Å². The summed E-state index contributed by atoms with van der Waals surface area (Å²) in [6, 6.07) is 15.9. The lowest BCUT2D eigenvalue weighted by molar-refractivity contribution is 1.03. The van der Waals surface area contributed by atoms with Gasteiger partial charge < -0.3 is 9.88 Å². The quantitative estimate of drug-likeness (QED) is 0.734. The highest BCUT2D eigenvalue weighted by molar-refractivity contribution is 7.71. The third-order valence-electron chi connectivity index (χ3n) is 3.44. The minimum atomic E-state index is 0.585.